The first-order chi connectivity index (χ1) is 10.2. The first-order valence-corrected chi connectivity index (χ1v) is 6.67. The molecule has 4 heteroatoms. The van der Waals surface area contributed by atoms with Gasteiger partial charge >= 0.3 is 0 Å². The number of aromatic hydroxyl groups is 1. The van der Waals surface area contributed by atoms with Gasteiger partial charge in [-0.1, -0.05) is 18.2 Å². The molecule has 2 aromatic rings. The van der Waals surface area contributed by atoms with Gasteiger partial charge in [0.15, 0.2) is 17.3 Å². The van der Waals surface area contributed by atoms with Gasteiger partial charge in [-0.15, -0.1) is 0 Å². The number of ether oxygens (including phenoxy) is 2. The van der Waals surface area contributed by atoms with Gasteiger partial charge < -0.3 is 14.6 Å². The molecule has 0 spiro atoms. The lowest BCUT2D eigenvalue weighted by Gasteiger charge is -2.09. The Morgan fingerprint density at radius 3 is 2.43 bits per heavy atom. The van der Waals surface area contributed by atoms with Crippen LogP contribution in [-0.4, -0.2) is 25.1 Å². The highest BCUT2D eigenvalue weighted by Gasteiger charge is 2.11. The van der Waals surface area contributed by atoms with Gasteiger partial charge in [-0.3, -0.25) is 4.79 Å². The Bertz CT molecular complexity index is 634. The minimum Gasteiger partial charge on any atom is -0.507 e. The zero-order chi connectivity index (χ0) is 15.2. The summed E-state index contributed by atoms with van der Waals surface area (Å²) in [6.45, 7) is 0. The Morgan fingerprint density at radius 1 is 1.05 bits per heavy atom. The molecule has 0 aliphatic rings. The zero-order valence-corrected chi connectivity index (χ0v) is 12.1. The summed E-state index contributed by atoms with van der Waals surface area (Å²) in [6, 6.07) is 12.2. The predicted octanol–water partition coefficient (Wildman–Crippen LogP) is 3.22. The van der Waals surface area contributed by atoms with E-state index in [0.717, 1.165) is 5.56 Å². The van der Waals surface area contributed by atoms with Crippen molar-refractivity contribution in [3.63, 3.8) is 0 Å². The minimum absolute atomic E-state index is 0.0230. The molecule has 0 atom stereocenters. The monoisotopic (exact) mass is 286 g/mol. The highest BCUT2D eigenvalue weighted by Crippen LogP contribution is 2.28. The van der Waals surface area contributed by atoms with Crippen LogP contribution in [0, 0.1) is 0 Å². The van der Waals surface area contributed by atoms with E-state index in [1.54, 1.807) is 32.4 Å². The number of ketones is 1. The summed E-state index contributed by atoms with van der Waals surface area (Å²) in [6.07, 6.45) is 0.903. The predicted molar refractivity (Wildman–Crippen MR) is 80.3 cm³/mol. The van der Waals surface area contributed by atoms with E-state index in [2.05, 4.69) is 0 Å². The smallest absolute Gasteiger partial charge is 0.166 e. The van der Waals surface area contributed by atoms with E-state index in [1.807, 2.05) is 18.2 Å². The first kappa shape index (κ1) is 14.9. The average Bonchev–Trinajstić information content (AvgIpc) is 2.52. The van der Waals surface area contributed by atoms with Crippen molar-refractivity contribution in [2.45, 2.75) is 12.8 Å². The van der Waals surface area contributed by atoms with E-state index in [-0.39, 0.29) is 11.5 Å². The number of Topliss-reactive ketones (excluding diaryl/α,β-unsaturated/α-hetero) is 1. The van der Waals surface area contributed by atoms with E-state index in [4.69, 9.17) is 9.47 Å². The Hall–Kier alpha value is -2.49. The topological polar surface area (TPSA) is 55.8 Å². The van der Waals surface area contributed by atoms with Crippen LogP contribution >= 0.6 is 0 Å². The average molecular weight is 286 g/mol. The fourth-order valence-electron chi connectivity index (χ4n) is 2.14. The summed E-state index contributed by atoms with van der Waals surface area (Å²) < 4.78 is 10.4. The minimum atomic E-state index is -0.0807. The van der Waals surface area contributed by atoms with Crippen molar-refractivity contribution < 1.29 is 19.4 Å². The van der Waals surface area contributed by atoms with Crippen LogP contribution in [0.25, 0.3) is 0 Å². The molecular weight excluding hydrogens is 268 g/mol. The molecule has 0 fully saturated rings. The molecule has 0 heterocycles. The fraction of sp³-hybridized carbons (Fsp3) is 0.235. The Labute approximate surface area is 123 Å². The SMILES string of the molecule is COc1ccc(CCC(=O)c2ccccc2O)cc1OC. The van der Waals surface area contributed by atoms with E-state index < -0.39 is 0 Å². The number of hydrogen-bond donors (Lipinski definition) is 1. The number of hydrogen-bond acceptors (Lipinski definition) is 4. The molecule has 0 aromatic heterocycles. The van der Waals surface area contributed by atoms with Crippen LogP contribution in [0.15, 0.2) is 42.5 Å². The van der Waals surface area contributed by atoms with E-state index in [9.17, 15) is 9.90 Å². The molecule has 0 aliphatic carbocycles. The Balaban J connectivity index is 2.06. The maximum atomic E-state index is 12.1. The molecular formula is C17H18O4. The lowest BCUT2D eigenvalue weighted by atomic mass is 10.0. The van der Waals surface area contributed by atoms with Crippen molar-refractivity contribution in [2.75, 3.05) is 14.2 Å². The maximum absolute atomic E-state index is 12.1. The van der Waals surface area contributed by atoms with Crippen molar-refractivity contribution in [3.05, 3.63) is 53.6 Å². The zero-order valence-electron chi connectivity index (χ0n) is 12.1. The Kier molecular flexibility index (Phi) is 4.82. The van der Waals surface area contributed by atoms with Crippen molar-refractivity contribution in [1.82, 2.24) is 0 Å². The van der Waals surface area contributed by atoms with E-state index in [1.165, 1.54) is 6.07 Å². The molecule has 0 aliphatic heterocycles. The van der Waals surface area contributed by atoms with Crippen molar-refractivity contribution in [2.24, 2.45) is 0 Å². The molecule has 2 aromatic carbocycles. The third-order valence-corrected chi connectivity index (χ3v) is 3.29. The summed E-state index contributed by atoms with van der Waals surface area (Å²) in [4.78, 5) is 12.1. The van der Waals surface area contributed by atoms with Crippen molar-refractivity contribution in [1.29, 1.82) is 0 Å². The van der Waals surface area contributed by atoms with Gasteiger partial charge in [0, 0.05) is 6.42 Å². The number of para-hydroxylation sites is 1. The molecule has 0 bridgehead atoms. The molecule has 0 unspecified atom stereocenters. The number of aryl methyl sites for hydroxylation is 1. The number of phenolic OH excluding ortho intramolecular Hbond substituents is 1. The van der Waals surface area contributed by atoms with E-state index in [0.29, 0.717) is 29.9 Å². The lowest BCUT2D eigenvalue weighted by molar-refractivity contribution is 0.0980. The van der Waals surface area contributed by atoms with Crippen LogP contribution in [0.5, 0.6) is 17.2 Å². The van der Waals surface area contributed by atoms with Crippen LogP contribution in [0.3, 0.4) is 0 Å². The highest BCUT2D eigenvalue weighted by molar-refractivity contribution is 5.98. The molecule has 4 nitrogen and oxygen atoms in total. The van der Waals surface area contributed by atoms with Crippen LogP contribution in [0.1, 0.15) is 22.3 Å². The second kappa shape index (κ2) is 6.79. The van der Waals surface area contributed by atoms with Gasteiger partial charge in [-0.2, -0.15) is 0 Å². The summed E-state index contributed by atoms with van der Waals surface area (Å²) >= 11 is 0. The van der Waals surface area contributed by atoms with Gasteiger partial charge in [-0.25, -0.2) is 0 Å². The number of carbonyl (C=O) groups is 1. The Morgan fingerprint density at radius 2 is 1.76 bits per heavy atom. The van der Waals surface area contributed by atoms with Gasteiger partial charge in [0.05, 0.1) is 19.8 Å². The summed E-state index contributed by atoms with van der Waals surface area (Å²) in [5.74, 6) is 1.25. The quantitative estimate of drug-likeness (QED) is 0.828. The highest BCUT2D eigenvalue weighted by atomic mass is 16.5. The summed E-state index contributed by atoms with van der Waals surface area (Å²) in [7, 11) is 3.16. The number of methoxy groups -OCH3 is 2. The second-order valence-electron chi connectivity index (χ2n) is 4.63. The number of phenols is 1. The maximum Gasteiger partial charge on any atom is 0.166 e. The molecule has 0 amide bonds. The standard InChI is InChI=1S/C17H18O4/c1-20-16-10-8-12(11-17(16)21-2)7-9-15(19)13-5-3-4-6-14(13)18/h3-6,8,10-11,18H,7,9H2,1-2H3. The van der Waals surface area contributed by atoms with Gasteiger partial charge in [-0.05, 0) is 36.2 Å². The first-order valence-electron chi connectivity index (χ1n) is 6.67. The van der Waals surface area contributed by atoms with Gasteiger partial charge in [0.1, 0.15) is 5.75 Å². The van der Waals surface area contributed by atoms with Crippen LogP contribution in [0.2, 0.25) is 0 Å². The van der Waals surface area contributed by atoms with Gasteiger partial charge in [0.25, 0.3) is 0 Å². The second-order valence-corrected chi connectivity index (χ2v) is 4.63. The fourth-order valence-corrected chi connectivity index (χ4v) is 2.14. The van der Waals surface area contributed by atoms with Crippen molar-refractivity contribution in [3.8, 4) is 17.2 Å². The molecule has 2 rings (SSSR count). The lowest BCUT2D eigenvalue weighted by Crippen LogP contribution is -2.02. The van der Waals surface area contributed by atoms with Gasteiger partial charge in [0.2, 0.25) is 0 Å². The third kappa shape index (κ3) is 3.54. The number of benzene rings is 2. The molecule has 0 saturated heterocycles. The molecule has 0 radical (unpaired) electrons. The largest absolute Gasteiger partial charge is 0.507 e. The van der Waals surface area contributed by atoms with Crippen LogP contribution in [0.4, 0.5) is 0 Å². The van der Waals surface area contributed by atoms with E-state index >= 15 is 0 Å². The molecule has 1 N–H and O–H groups in total. The van der Waals surface area contributed by atoms with Crippen molar-refractivity contribution >= 4 is 5.78 Å². The number of carbonyl (C=O) groups excluding carboxylic acids is 1. The summed E-state index contributed by atoms with van der Waals surface area (Å²) in [5.41, 5.74) is 1.34. The summed E-state index contributed by atoms with van der Waals surface area (Å²) in [5, 5.41) is 9.67. The third-order valence-electron chi connectivity index (χ3n) is 3.29. The molecule has 0 saturated carbocycles. The van der Waals surface area contributed by atoms with Crippen LogP contribution in [-0.2, 0) is 6.42 Å². The molecule has 110 valence electrons. The van der Waals surface area contributed by atoms with Crippen LogP contribution < -0.4 is 9.47 Å². The normalized spacial score (nSPS) is 10.2. The molecule has 21 heavy (non-hydrogen) atoms. The number of rotatable bonds is 6.